The van der Waals surface area contributed by atoms with Crippen LogP contribution in [0.1, 0.15) is 65.9 Å². The van der Waals surface area contributed by atoms with Crippen LogP contribution in [0.4, 0.5) is 27.8 Å². The normalized spacial score (nSPS) is 16.2. The highest BCUT2D eigenvalue weighted by Gasteiger charge is 2.49. The molecule has 0 aromatic carbocycles. The van der Waals surface area contributed by atoms with Crippen LogP contribution in [0, 0.1) is 5.92 Å². The highest BCUT2D eigenvalue weighted by molar-refractivity contribution is 7.17. The van der Waals surface area contributed by atoms with E-state index in [0.717, 1.165) is 12.3 Å². The van der Waals surface area contributed by atoms with Crippen LogP contribution in [-0.2, 0) is 0 Å². The summed E-state index contributed by atoms with van der Waals surface area (Å²) in [4.78, 5) is 32.1. The van der Waals surface area contributed by atoms with Gasteiger partial charge in [0.2, 0.25) is 0 Å². The van der Waals surface area contributed by atoms with Gasteiger partial charge in [-0.3, -0.25) is 9.59 Å². The molecular formula is C21H24F5N5O3S. The Morgan fingerprint density at radius 2 is 1.89 bits per heavy atom. The average Bonchev–Trinajstić information content (AvgIpc) is 3.46. The summed E-state index contributed by atoms with van der Waals surface area (Å²) in [7, 11) is 0. The third kappa shape index (κ3) is 6.23. The van der Waals surface area contributed by atoms with E-state index < -0.39 is 65.1 Å². The second-order valence-corrected chi connectivity index (χ2v) is 9.87. The maximum atomic E-state index is 13.9. The second-order valence-electron chi connectivity index (χ2n) is 8.87. The molecule has 2 aromatic rings. The molecule has 1 fully saturated rings. The number of carbonyl (C=O) groups is 2. The number of hydrogen-bond acceptors (Lipinski definition) is 7. The molecule has 192 valence electrons. The predicted molar refractivity (Wildman–Crippen MR) is 118 cm³/mol. The number of nitrogens with two attached hydrogens (primary N) is 1. The lowest BCUT2D eigenvalue weighted by molar-refractivity contribution is -0.146. The van der Waals surface area contributed by atoms with Crippen molar-refractivity contribution in [3.63, 3.8) is 0 Å². The minimum atomic E-state index is -4.59. The molecule has 3 rings (SSSR count). The van der Waals surface area contributed by atoms with Gasteiger partial charge in [0.1, 0.15) is 17.6 Å². The summed E-state index contributed by atoms with van der Waals surface area (Å²) in [5.74, 6) is -2.94. The topological polar surface area (TPSA) is 130 Å². The Balaban J connectivity index is 1.99. The molecule has 2 heterocycles. The molecule has 0 radical (unpaired) electrons. The first-order valence-electron chi connectivity index (χ1n) is 10.5. The molecule has 1 saturated carbocycles. The summed E-state index contributed by atoms with van der Waals surface area (Å²) in [6.45, 7) is 4.45. The lowest BCUT2D eigenvalue weighted by atomic mass is 10.0. The van der Waals surface area contributed by atoms with Gasteiger partial charge in [-0.15, -0.1) is 11.3 Å². The Hall–Kier alpha value is -2.87. The molecular weight excluding hydrogens is 497 g/mol. The first kappa shape index (κ1) is 26.7. The van der Waals surface area contributed by atoms with E-state index in [1.165, 1.54) is 20.8 Å². The number of aromatic nitrogens is 2. The molecule has 14 heteroatoms. The van der Waals surface area contributed by atoms with Gasteiger partial charge >= 0.3 is 6.18 Å². The third-order valence-corrected chi connectivity index (χ3v) is 6.71. The fraction of sp³-hybridized carbons (Fsp3) is 0.524. The molecule has 35 heavy (non-hydrogen) atoms. The minimum Gasteiger partial charge on any atom is -0.388 e. The number of amides is 2. The standard InChI is InChI=1S/C21H24F5N5O3S/c1-8(20(2,3)34)29-18(33)19-31-13(17(27)32)14(35-19)11-7-28-12(6-10(11)16(22)23)30-15(9-4-5-9)21(24,25)26/h6-9,15-16,34H,4-5H2,1-3H3,(H2,27,32)(H,28,30)(H,29,33). The third-order valence-electron chi connectivity index (χ3n) is 5.63. The van der Waals surface area contributed by atoms with Crippen molar-refractivity contribution in [1.29, 1.82) is 0 Å². The Morgan fingerprint density at radius 3 is 2.37 bits per heavy atom. The Labute approximate surface area is 201 Å². The zero-order chi connectivity index (χ0) is 26.3. The highest BCUT2D eigenvalue weighted by Crippen LogP contribution is 2.43. The molecule has 0 spiro atoms. The molecule has 0 saturated heterocycles. The van der Waals surface area contributed by atoms with Crippen LogP contribution in [0.3, 0.4) is 0 Å². The van der Waals surface area contributed by atoms with Crippen molar-refractivity contribution in [2.75, 3.05) is 5.32 Å². The summed E-state index contributed by atoms with van der Waals surface area (Å²) in [6.07, 6.45) is -6.13. The van der Waals surface area contributed by atoms with Crippen LogP contribution in [0.25, 0.3) is 10.4 Å². The van der Waals surface area contributed by atoms with Crippen LogP contribution in [0.5, 0.6) is 0 Å². The van der Waals surface area contributed by atoms with Crippen molar-refractivity contribution in [3.8, 4) is 10.4 Å². The number of nitrogens with zero attached hydrogens (tertiary/aromatic N) is 2. The van der Waals surface area contributed by atoms with E-state index in [-0.39, 0.29) is 15.4 Å². The summed E-state index contributed by atoms with van der Waals surface area (Å²) in [5.41, 5.74) is 2.59. The number of anilines is 1. The number of alkyl halides is 5. The molecule has 2 unspecified atom stereocenters. The van der Waals surface area contributed by atoms with Gasteiger partial charge in [-0.2, -0.15) is 13.2 Å². The molecule has 0 aliphatic heterocycles. The van der Waals surface area contributed by atoms with Crippen molar-refractivity contribution in [1.82, 2.24) is 15.3 Å². The van der Waals surface area contributed by atoms with Crippen molar-refractivity contribution in [2.45, 2.75) is 63.9 Å². The number of hydrogen-bond donors (Lipinski definition) is 4. The van der Waals surface area contributed by atoms with Crippen molar-refractivity contribution in [2.24, 2.45) is 11.7 Å². The summed E-state index contributed by atoms with van der Waals surface area (Å²) in [6, 6.07) is -1.87. The van der Waals surface area contributed by atoms with E-state index in [1.807, 2.05) is 0 Å². The van der Waals surface area contributed by atoms with Gasteiger partial charge in [-0.1, -0.05) is 0 Å². The minimum absolute atomic E-state index is 0.178. The molecule has 2 atom stereocenters. The highest BCUT2D eigenvalue weighted by atomic mass is 32.1. The SMILES string of the molecule is CC(NC(=O)c1nc(C(N)=O)c(-c2cnc(NC(C3CC3)C(F)(F)F)cc2C(F)F)s1)C(C)(C)O. The maximum Gasteiger partial charge on any atom is 0.408 e. The van der Waals surface area contributed by atoms with Crippen molar-refractivity contribution >= 4 is 29.0 Å². The van der Waals surface area contributed by atoms with E-state index in [2.05, 4.69) is 20.6 Å². The predicted octanol–water partition coefficient (Wildman–Crippen LogP) is 3.88. The van der Waals surface area contributed by atoms with Crippen LogP contribution < -0.4 is 16.4 Å². The number of halogens is 5. The number of carbonyl (C=O) groups excluding carboxylic acids is 2. The smallest absolute Gasteiger partial charge is 0.388 e. The molecule has 5 N–H and O–H groups in total. The lowest BCUT2D eigenvalue weighted by Crippen LogP contribution is -2.47. The van der Waals surface area contributed by atoms with Crippen LogP contribution >= 0.6 is 11.3 Å². The number of aliphatic hydroxyl groups is 1. The van der Waals surface area contributed by atoms with E-state index in [9.17, 15) is 36.6 Å². The van der Waals surface area contributed by atoms with Crippen molar-refractivity contribution in [3.05, 3.63) is 28.5 Å². The molecule has 0 bridgehead atoms. The Kier molecular flexibility index (Phi) is 7.37. The number of primary amides is 1. The second kappa shape index (κ2) is 9.64. The monoisotopic (exact) mass is 521 g/mol. The molecule has 8 nitrogen and oxygen atoms in total. The fourth-order valence-corrected chi connectivity index (χ4v) is 4.18. The first-order chi connectivity index (χ1) is 16.1. The largest absolute Gasteiger partial charge is 0.408 e. The Bertz CT molecular complexity index is 1110. The van der Waals surface area contributed by atoms with E-state index in [1.54, 1.807) is 0 Å². The number of rotatable bonds is 9. The summed E-state index contributed by atoms with van der Waals surface area (Å²) < 4.78 is 67.8. The van der Waals surface area contributed by atoms with Crippen LogP contribution in [-0.4, -0.2) is 50.7 Å². The van der Waals surface area contributed by atoms with E-state index in [4.69, 9.17) is 5.73 Å². The quantitative estimate of drug-likeness (QED) is 0.371. The van der Waals surface area contributed by atoms with E-state index >= 15 is 0 Å². The van der Waals surface area contributed by atoms with Gasteiger partial charge < -0.3 is 21.5 Å². The van der Waals surface area contributed by atoms with Gasteiger partial charge in [0.05, 0.1) is 16.5 Å². The molecule has 2 aromatic heterocycles. The van der Waals surface area contributed by atoms with Gasteiger partial charge in [0.25, 0.3) is 18.2 Å². The van der Waals surface area contributed by atoms with E-state index in [0.29, 0.717) is 24.2 Å². The molecule has 2 amide bonds. The Morgan fingerprint density at radius 1 is 1.26 bits per heavy atom. The number of thiazole rings is 1. The average molecular weight is 522 g/mol. The van der Waals surface area contributed by atoms with Gasteiger partial charge in [0, 0.05) is 17.3 Å². The molecule has 1 aliphatic carbocycles. The van der Waals surface area contributed by atoms with Crippen LogP contribution in [0.15, 0.2) is 12.3 Å². The number of nitrogens with one attached hydrogen (secondary N) is 2. The zero-order valence-electron chi connectivity index (χ0n) is 18.9. The van der Waals surface area contributed by atoms with Crippen molar-refractivity contribution < 1.29 is 36.6 Å². The summed E-state index contributed by atoms with van der Waals surface area (Å²) in [5, 5.41) is 14.4. The first-order valence-corrected chi connectivity index (χ1v) is 11.4. The number of pyridine rings is 1. The zero-order valence-corrected chi connectivity index (χ0v) is 19.7. The fourth-order valence-electron chi connectivity index (χ4n) is 3.18. The lowest BCUT2D eigenvalue weighted by Gasteiger charge is -2.26. The molecule has 1 aliphatic rings. The van der Waals surface area contributed by atoms with Gasteiger partial charge in [-0.05, 0) is 45.6 Å². The maximum absolute atomic E-state index is 13.9. The van der Waals surface area contributed by atoms with Gasteiger partial charge in [0.15, 0.2) is 5.01 Å². The van der Waals surface area contributed by atoms with Gasteiger partial charge in [-0.25, -0.2) is 18.7 Å². The van der Waals surface area contributed by atoms with Crippen LogP contribution in [0.2, 0.25) is 0 Å². The summed E-state index contributed by atoms with van der Waals surface area (Å²) >= 11 is 0.593.